The molecule has 176 valence electrons. The van der Waals surface area contributed by atoms with Crippen LogP contribution in [0, 0.1) is 0 Å². The zero-order chi connectivity index (χ0) is 23.6. The molecule has 1 saturated heterocycles. The van der Waals surface area contributed by atoms with Gasteiger partial charge in [0, 0.05) is 25.2 Å². The first-order valence-electron chi connectivity index (χ1n) is 11.0. The summed E-state index contributed by atoms with van der Waals surface area (Å²) >= 11 is 2.28. The molecule has 1 atom stereocenters. The van der Waals surface area contributed by atoms with Crippen molar-refractivity contribution in [3.8, 4) is 11.5 Å². The van der Waals surface area contributed by atoms with Crippen molar-refractivity contribution in [1.29, 1.82) is 0 Å². The second kappa shape index (κ2) is 12.8. The predicted molar refractivity (Wildman–Crippen MR) is 141 cm³/mol. The summed E-state index contributed by atoms with van der Waals surface area (Å²) < 4.78 is 18.4. The predicted octanol–water partition coefficient (Wildman–Crippen LogP) is 4.47. The molecule has 0 bridgehead atoms. The molecule has 6 nitrogen and oxygen atoms in total. The number of hydrogen-bond donors (Lipinski definition) is 2. The van der Waals surface area contributed by atoms with E-state index in [1.165, 1.54) is 7.11 Å². The fourth-order valence-electron chi connectivity index (χ4n) is 3.68. The zero-order valence-electron chi connectivity index (χ0n) is 19.3. The first kappa shape index (κ1) is 25.3. The van der Waals surface area contributed by atoms with Gasteiger partial charge in [-0.25, -0.2) is 4.79 Å². The molecule has 0 radical (unpaired) electrons. The second-order valence-electron chi connectivity index (χ2n) is 7.75. The van der Waals surface area contributed by atoms with Gasteiger partial charge in [-0.15, -0.1) is 0 Å². The molecule has 2 aromatic carbocycles. The van der Waals surface area contributed by atoms with E-state index in [4.69, 9.17) is 14.2 Å². The molecule has 33 heavy (non-hydrogen) atoms. The number of ether oxygens (including phenoxy) is 3. The van der Waals surface area contributed by atoms with Crippen LogP contribution in [0.5, 0.6) is 11.5 Å². The van der Waals surface area contributed by atoms with E-state index in [9.17, 15) is 4.79 Å². The third-order valence-corrected chi connectivity index (χ3v) is 5.82. The van der Waals surface area contributed by atoms with Crippen LogP contribution in [-0.2, 0) is 11.2 Å². The Morgan fingerprint density at radius 2 is 1.97 bits per heavy atom. The summed E-state index contributed by atoms with van der Waals surface area (Å²) in [7, 11) is 3.03. The monoisotopic (exact) mass is 562 g/mol. The lowest BCUT2D eigenvalue weighted by Crippen LogP contribution is -2.51. The average molecular weight is 562 g/mol. The number of carbonyl (C=O) groups is 1. The highest BCUT2D eigenvalue weighted by Gasteiger charge is 2.25. The van der Waals surface area contributed by atoms with Crippen molar-refractivity contribution in [1.82, 2.24) is 10.6 Å². The summed E-state index contributed by atoms with van der Waals surface area (Å²) in [6.45, 7) is 5.07. The Morgan fingerprint density at radius 1 is 1.18 bits per heavy atom. The highest BCUT2D eigenvalue weighted by molar-refractivity contribution is 14.1. The first-order valence-corrected chi connectivity index (χ1v) is 12.1. The van der Waals surface area contributed by atoms with E-state index in [1.54, 1.807) is 7.11 Å². The highest BCUT2D eigenvalue weighted by atomic mass is 127. The summed E-state index contributed by atoms with van der Waals surface area (Å²) in [5, 5.41) is 6.82. The van der Waals surface area contributed by atoms with E-state index in [-0.39, 0.29) is 6.04 Å². The van der Waals surface area contributed by atoms with Crippen molar-refractivity contribution in [2.24, 2.45) is 0 Å². The molecular weight excluding hydrogens is 531 g/mol. The maximum Gasteiger partial charge on any atom is 0.342 e. The summed E-state index contributed by atoms with van der Waals surface area (Å²) in [6.07, 6.45) is 6.54. The van der Waals surface area contributed by atoms with E-state index in [0.29, 0.717) is 35.7 Å². The third-order valence-electron chi connectivity index (χ3n) is 5.38. The Labute approximate surface area is 209 Å². The van der Waals surface area contributed by atoms with Crippen molar-refractivity contribution >= 4 is 40.7 Å². The number of halogens is 1. The molecule has 0 spiro atoms. The summed E-state index contributed by atoms with van der Waals surface area (Å²) in [5.41, 5.74) is 2.95. The fraction of sp³-hybridized carbons (Fsp3) is 0.346. The van der Waals surface area contributed by atoms with E-state index in [0.717, 1.165) is 34.3 Å². The van der Waals surface area contributed by atoms with E-state index >= 15 is 0 Å². The average Bonchev–Trinajstić information content (AvgIpc) is 2.85. The molecular formula is C26H31IN2O4. The summed E-state index contributed by atoms with van der Waals surface area (Å²) in [4.78, 5) is 13.0. The smallest absolute Gasteiger partial charge is 0.342 e. The van der Waals surface area contributed by atoms with Crippen LogP contribution in [0.2, 0.25) is 0 Å². The van der Waals surface area contributed by atoms with Crippen LogP contribution in [0.1, 0.15) is 34.0 Å². The van der Waals surface area contributed by atoms with Crippen molar-refractivity contribution in [2.45, 2.75) is 19.4 Å². The molecule has 1 aliphatic rings. The Bertz CT molecular complexity index is 995. The highest BCUT2D eigenvalue weighted by Crippen LogP contribution is 2.38. The molecule has 2 aromatic rings. The van der Waals surface area contributed by atoms with Crippen LogP contribution in [-0.4, -0.2) is 52.5 Å². The molecule has 1 fully saturated rings. The molecule has 0 aliphatic carbocycles. The van der Waals surface area contributed by atoms with Gasteiger partial charge < -0.3 is 24.8 Å². The Hall–Kier alpha value is -2.36. The molecule has 1 unspecified atom stereocenters. The normalized spacial score (nSPS) is 16.6. The largest absolute Gasteiger partial charge is 0.496 e. The van der Waals surface area contributed by atoms with Crippen LogP contribution >= 0.6 is 22.6 Å². The third kappa shape index (κ3) is 7.06. The summed E-state index contributed by atoms with van der Waals surface area (Å²) in [6, 6.07) is 12.0. The molecule has 7 heteroatoms. The zero-order valence-corrected chi connectivity index (χ0v) is 21.5. The van der Waals surface area contributed by atoms with Gasteiger partial charge in [0.25, 0.3) is 0 Å². The Kier molecular flexibility index (Phi) is 9.77. The lowest BCUT2D eigenvalue weighted by Gasteiger charge is -2.26. The number of hydrogen-bond acceptors (Lipinski definition) is 6. The maximum atomic E-state index is 13.0. The quantitative estimate of drug-likeness (QED) is 0.267. The van der Waals surface area contributed by atoms with Gasteiger partial charge in [0.1, 0.15) is 23.7 Å². The Balaban J connectivity index is 2.10. The fourth-order valence-corrected chi connectivity index (χ4v) is 3.90. The maximum absolute atomic E-state index is 13.0. The first-order chi connectivity index (χ1) is 16.0. The van der Waals surface area contributed by atoms with Gasteiger partial charge in [-0.05, 0) is 56.7 Å². The number of carbonyl (C=O) groups excluding carboxylic acids is 1. The van der Waals surface area contributed by atoms with Crippen LogP contribution in [0.4, 0.5) is 0 Å². The number of nitrogens with one attached hydrogen (secondary N) is 2. The van der Waals surface area contributed by atoms with Crippen LogP contribution < -0.4 is 20.1 Å². The van der Waals surface area contributed by atoms with Gasteiger partial charge in [0.05, 0.1) is 20.3 Å². The van der Waals surface area contributed by atoms with Gasteiger partial charge in [0.2, 0.25) is 0 Å². The van der Waals surface area contributed by atoms with Gasteiger partial charge in [0.15, 0.2) is 0 Å². The molecule has 1 aliphatic heterocycles. The van der Waals surface area contributed by atoms with E-state index < -0.39 is 5.97 Å². The standard InChI is InChI=1S/C26H31IN2O4/c1-18(27)9-12-22-23(31-2)15-20(11-10-19-7-5-4-6-8-19)24(26(30)32-3)25(22)33-17-21-16-28-13-14-29-21/h4-11,15,21,28-29H,12-14,16-17H2,1-3H3/b11-10+,18-9+. The number of piperazine rings is 1. The van der Waals surface area contributed by atoms with Crippen molar-refractivity contribution in [2.75, 3.05) is 40.5 Å². The number of rotatable bonds is 9. The minimum Gasteiger partial charge on any atom is -0.496 e. The minimum absolute atomic E-state index is 0.147. The van der Waals surface area contributed by atoms with Crippen molar-refractivity contribution in [3.05, 3.63) is 68.3 Å². The van der Waals surface area contributed by atoms with Crippen molar-refractivity contribution in [3.63, 3.8) is 0 Å². The number of methoxy groups -OCH3 is 2. The van der Waals surface area contributed by atoms with E-state index in [1.807, 2.05) is 55.5 Å². The van der Waals surface area contributed by atoms with E-state index in [2.05, 4.69) is 39.3 Å². The van der Waals surface area contributed by atoms with Crippen LogP contribution in [0.15, 0.2) is 46.1 Å². The molecule has 0 amide bonds. The number of benzene rings is 2. The van der Waals surface area contributed by atoms with Crippen LogP contribution in [0.25, 0.3) is 12.2 Å². The van der Waals surface area contributed by atoms with Gasteiger partial charge in [-0.2, -0.15) is 0 Å². The molecule has 2 N–H and O–H groups in total. The Morgan fingerprint density at radius 3 is 2.61 bits per heavy atom. The topological polar surface area (TPSA) is 68.8 Å². The molecule has 0 aromatic heterocycles. The summed E-state index contributed by atoms with van der Waals surface area (Å²) in [5.74, 6) is 0.746. The van der Waals surface area contributed by atoms with Gasteiger partial charge >= 0.3 is 5.97 Å². The van der Waals surface area contributed by atoms with Gasteiger partial charge in [-0.1, -0.05) is 48.6 Å². The lowest BCUT2D eigenvalue weighted by molar-refractivity contribution is 0.0594. The number of esters is 1. The molecule has 1 heterocycles. The van der Waals surface area contributed by atoms with Gasteiger partial charge in [-0.3, -0.25) is 0 Å². The van der Waals surface area contributed by atoms with Crippen molar-refractivity contribution < 1.29 is 19.0 Å². The second-order valence-corrected chi connectivity index (χ2v) is 9.45. The van der Waals surface area contributed by atoms with Crippen LogP contribution in [0.3, 0.4) is 0 Å². The molecule has 0 saturated carbocycles. The minimum atomic E-state index is -0.438. The molecule has 3 rings (SSSR count). The lowest BCUT2D eigenvalue weighted by atomic mass is 9.97. The SMILES string of the molecule is COC(=O)c1c(/C=C/c2ccccc2)cc(OC)c(C/C=C(\C)I)c1OCC1CNCCN1. The number of allylic oxidation sites excluding steroid dienone is 2.